The minimum absolute atomic E-state index is 0.130. The van der Waals surface area contributed by atoms with E-state index in [2.05, 4.69) is 0 Å². The van der Waals surface area contributed by atoms with Gasteiger partial charge in [-0.15, -0.1) is 11.6 Å². The average Bonchev–Trinajstić information content (AvgIpc) is 2.37. The molecule has 0 radical (unpaired) electrons. The molecule has 5 heteroatoms. The molecule has 0 aliphatic carbocycles. The lowest BCUT2D eigenvalue weighted by atomic mass is 10.1. The van der Waals surface area contributed by atoms with E-state index in [-0.39, 0.29) is 11.7 Å². The highest BCUT2D eigenvalue weighted by Gasteiger charge is 2.16. The number of amides is 1. The molecule has 1 rings (SSSR count). The molecule has 1 amide bonds. The Morgan fingerprint density at radius 3 is 2.67 bits per heavy atom. The van der Waals surface area contributed by atoms with Crippen LogP contribution in [0.15, 0.2) is 18.2 Å². The number of methoxy groups -OCH3 is 1. The SMILES string of the molecule is CCCN(CCCl)C(=O)c1ccc(OC)c(F)c1. The Morgan fingerprint density at radius 1 is 1.44 bits per heavy atom. The highest BCUT2D eigenvalue weighted by Crippen LogP contribution is 2.18. The molecule has 3 nitrogen and oxygen atoms in total. The Kier molecular flexibility index (Phi) is 5.92. The summed E-state index contributed by atoms with van der Waals surface area (Å²) in [6, 6.07) is 4.20. The van der Waals surface area contributed by atoms with Crippen molar-refractivity contribution in [3.05, 3.63) is 29.6 Å². The lowest BCUT2D eigenvalue weighted by molar-refractivity contribution is 0.0765. The van der Waals surface area contributed by atoms with Gasteiger partial charge in [-0.05, 0) is 24.6 Å². The summed E-state index contributed by atoms with van der Waals surface area (Å²) >= 11 is 5.65. The molecule has 0 N–H and O–H groups in total. The number of rotatable bonds is 6. The molecule has 0 aromatic heterocycles. The van der Waals surface area contributed by atoms with Gasteiger partial charge in [0.2, 0.25) is 0 Å². The Labute approximate surface area is 111 Å². The summed E-state index contributed by atoms with van der Waals surface area (Å²) in [6.45, 7) is 3.05. The number of carbonyl (C=O) groups is 1. The largest absolute Gasteiger partial charge is 0.494 e. The van der Waals surface area contributed by atoms with Crippen molar-refractivity contribution in [2.24, 2.45) is 0 Å². The first-order chi connectivity index (χ1) is 8.63. The van der Waals surface area contributed by atoms with Crippen LogP contribution >= 0.6 is 11.6 Å². The van der Waals surface area contributed by atoms with Crippen molar-refractivity contribution in [3.63, 3.8) is 0 Å². The summed E-state index contributed by atoms with van der Waals surface area (Å²) in [5.74, 6) is -0.250. The third-order valence-electron chi connectivity index (χ3n) is 2.53. The number of carbonyl (C=O) groups excluding carboxylic acids is 1. The third-order valence-corrected chi connectivity index (χ3v) is 2.70. The maximum atomic E-state index is 13.5. The van der Waals surface area contributed by atoms with Crippen molar-refractivity contribution < 1.29 is 13.9 Å². The Balaban J connectivity index is 2.90. The van der Waals surface area contributed by atoms with Gasteiger partial charge in [-0.25, -0.2) is 4.39 Å². The first-order valence-electron chi connectivity index (χ1n) is 5.82. The summed E-state index contributed by atoms with van der Waals surface area (Å²) < 4.78 is 18.3. The van der Waals surface area contributed by atoms with Gasteiger partial charge in [0.25, 0.3) is 5.91 Å². The van der Waals surface area contributed by atoms with Crippen LogP contribution in [-0.2, 0) is 0 Å². The minimum Gasteiger partial charge on any atom is -0.494 e. The van der Waals surface area contributed by atoms with Crippen molar-refractivity contribution in [2.45, 2.75) is 13.3 Å². The molecule has 0 aliphatic rings. The fourth-order valence-corrected chi connectivity index (χ4v) is 1.87. The van der Waals surface area contributed by atoms with Crippen LogP contribution in [-0.4, -0.2) is 36.9 Å². The fourth-order valence-electron chi connectivity index (χ4n) is 1.67. The van der Waals surface area contributed by atoms with E-state index in [1.165, 1.54) is 19.2 Å². The van der Waals surface area contributed by atoms with E-state index < -0.39 is 5.82 Å². The van der Waals surface area contributed by atoms with E-state index in [4.69, 9.17) is 16.3 Å². The summed E-state index contributed by atoms with van der Waals surface area (Å²) in [5, 5.41) is 0. The number of hydrogen-bond donors (Lipinski definition) is 0. The molecular weight excluding hydrogens is 257 g/mol. The monoisotopic (exact) mass is 273 g/mol. The fraction of sp³-hybridized carbons (Fsp3) is 0.462. The van der Waals surface area contributed by atoms with Gasteiger partial charge >= 0.3 is 0 Å². The van der Waals surface area contributed by atoms with Gasteiger partial charge < -0.3 is 9.64 Å². The predicted molar refractivity (Wildman–Crippen MR) is 69.9 cm³/mol. The van der Waals surface area contributed by atoms with Crippen molar-refractivity contribution in [1.82, 2.24) is 4.90 Å². The quantitative estimate of drug-likeness (QED) is 0.746. The molecule has 0 bridgehead atoms. The maximum absolute atomic E-state index is 13.5. The van der Waals surface area contributed by atoms with Crippen LogP contribution in [0.2, 0.25) is 0 Å². The molecule has 1 aromatic carbocycles. The van der Waals surface area contributed by atoms with E-state index in [0.717, 1.165) is 6.42 Å². The first-order valence-corrected chi connectivity index (χ1v) is 6.36. The zero-order chi connectivity index (χ0) is 13.5. The molecule has 1 aromatic rings. The smallest absolute Gasteiger partial charge is 0.253 e. The zero-order valence-corrected chi connectivity index (χ0v) is 11.3. The first kappa shape index (κ1) is 14.8. The highest BCUT2D eigenvalue weighted by molar-refractivity contribution is 6.18. The van der Waals surface area contributed by atoms with Crippen LogP contribution < -0.4 is 4.74 Å². The average molecular weight is 274 g/mol. The highest BCUT2D eigenvalue weighted by atomic mass is 35.5. The summed E-state index contributed by atoms with van der Waals surface area (Å²) in [6.07, 6.45) is 0.835. The van der Waals surface area contributed by atoms with Gasteiger partial charge in [0.05, 0.1) is 7.11 Å². The van der Waals surface area contributed by atoms with Gasteiger partial charge in [-0.1, -0.05) is 6.92 Å². The second-order valence-electron chi connectivity index (χ2n) is 3.83. The summed E-state index contributed by atoms with van der Waals surface area (Å²) in [7, 11) is 1.39. The van der Waals surface area contributed by atoms with Crippen molar-refractivity contribution in [3.8, 4) is 5.75 Å². The summed E-state index contributed by atoms with van der Waals surface area (Å²) in [4.78, 5) is 13.8. The molecular formula is C13H17ClFNO2. The molecule has 0 fully saturated rings. The molecule has 0 saturated carbocycles. The number of nitrogens with zero attached hydrogens (tertiary/aromatic N) is 1. The molecule has 0 spiro atoms. The van der Waals surface area contributed by atoms with Gasteiger partial charge in [-0.2, -0.15) is 0 Å². The van der Waals surface area contributed by atoms with Crippen LogP contribution in [0.4, 0.5) is 4.39 Å². The molecule has 0 unspecified atom stereocenters. The number of alkyl halides is 1. The van der Waals surface area contributed by atoms with Crippen molar-refractivity contribution in [1.29, 1.82) is 0 Å². The standard InChI is InChI=1S/C13H17ClFNO2/c1-3-7-16(8-6-14)13(17)10-4-5-12(18-2)11(15)9-10/h4-5,9H,3,6-8H2,1-2H3. The van der Waals surface area contributed by atoms with E-state index in [1.54, 1.807) is 11.0 Å². The van der Waals surface area contributed by atoms with Gasteiger partial charge in [0.1, 0.15) is 0 Å². The number of hydrogen-bond acceptors (Lipinski definition) is 2. The molecule has 0 aliphatic heterocycles. The van der Waals surface area contributed by atoms with Gasteiger partial charge in [0.15, 0.2) is 11.6 Å². The second-order valence-corrected chi connectivity index (χ2v) is 4.21. The maximum Gasteiger partial charge on any atom is 0.253 e. The van der Waals surface area contributed by atoms with Crippen LogP contribution in [0.5, 0.6) is 5.75 Å². The van der Waals surface area contributed by atoms with E-state index in [1.807, 2.05) is 6.92 Å². The Hall–Kier alpha value is -1.29. The van der Waals surface area contributed by atoms with Crippen molar-refractivity contribution >= 4 is 17.5 Å². The lowest BCUT2D eigenvalue weighted by Gasteiger charge is -2.21. The predicted octanol–water partition coefficient (Wildman–Crippen LogP) is 2.93. The van der Waals surface area contributed by atoms with Crippen LogP contribution in [0.3, 0.4) is 0 Å². The van der Waals surface area contributed by atoms with Gasteiger partial charge in [0, 0.05) is 24.5 Å². The number of benzene rings is 1. The zero-order valence-electron chi connectivity index (χ0n) is 10.6. The minimum atomic E-state index is -0.536. The van der Waals surface area contributed by atoms with Gasteiger partial charge in [-0.3, -0.25) is 4.79 Å². The third kappa shape index (κ3) is 3.60. The van der Waals surface area contributed by atoms with Crippen LogP contribution in [0.1, 0.15) is 23.7 Å². The van der Waals surface area contributed by atoms with E-state index in [0.29, 0.717) is 24.5 Å². The molecule has 0 atom stereocenters. The van der Waals surface area contributed by atoms with E-state index >= 15 is 0 Å². The van der Waals surface area contributed by atoms with E-state index in [9.17, 15) is 9.18 Å². The molecule has 0 heterocycles. The normalized spacial score (nSPS) is 10.2. The number of ether oxygens (including phenoxy) is 1. The topological polar surface area (TPSA) is 29.5 Å². The second kappa shape index (κ2) is 7.21. The molecule has 18 heavy (non-hydrogen) atoms. The summed E-state index contributed by atoms with van der Waals surface area (Å²) in [5.41, 5.74) is 0.312. The Bertz CT molecular complexity index is 406. The van der Waals surface area contributed by atoms with Crippen LogP contribution in [0, 0.1) is 5.82 Å². The van der Waals surface area contributed by atoms with Crippen molar-refractivity contribution in [2.75, 3.05) is 26.1 Å². The molecule has 0 saturated heterocycles. The van der Waals surface area contributed by atoms with Crippen LogP contribution in [0.25, 0.3) is 0 Å². The Morgan fingerprint density at radius 2 is 2.17 bits per heavy atom. The number of halogens is 2. The lowest BCUT2D eigenvalue weighted by Crippen LogP contribution is -2.33. The molecule has 100 valence electrons.